The first-order valence-corrected chi connectivity index (χ1v) is 12.4. The van der Waals surface area contributed by atoms with Crippen LogP contribution in [0.2, 0.25) is 0 Å². The lowest BCUT2D eigenvalue weighted by Crippen LogP contribution is -2.36. The Hall–Kier alpha value is -2.90. The number of thiazole rings is 1. The lowest BCUT2D eigenvalue weighted by atomic mass is 9.86. The summed E-state index contributed by atoms with van der Waals surface area (Å²) in [5.74, 6) is 1.52. The van der Waals surface area contributed by atoms with E-state index in [9.17, 15) is 9.90 Å². The van der Waals surface area contributed by atoms with Gasteiger partial charge in [0.25, 0.3) is 11.1 Å². The van der Waals surface area contributed by atoms with Crippen LogP contribution in [-0.4, -0.2) is 28.6 Å². The van der Waals surface area contributed by atoms with Gasteiger partial charge in [-0.2, -0.15) is 0 Å². The van der Waals surface area contributed by atoms with Crippen LogP contribution >= 0.6 is 11.3 Å². The summed E-state index contributed by atoms with van der Waals surface area (Å²) in [7, 11) is 0. The highest BCUT2D eigenvalue weighted by atomic mass is 32.1. The minimum absolute atomic E-state index is 0.0697. The molecule has 1 aliphatic heterocycles. The highest BCUT2D eigenvalue weighted by Crippen LogP contribution is 2.38. The van der Waals surface area contributed by atoms with Crippen LogP contribution in [0.4, 0.5) is 0 Å². The standard InChI is InChI=1S/C26H28N2O4S/c29-21-9-5-4-8-19(21)15-27-25(30)24-16-28-26(33-24)31-20-11-13-23-18(14-20)10-12-22(32-23)17-6-2-1-3-7-17/h1-3,6-7,11,13-14,16,19,21-22,29H,4-5,8-10,12,15H2,(H,27,30)/t19-,21-,22+/m1/s1. The molecule has 5 rings (SSSR count). The number of aliphatic hydroxyl groups is 1. The third kappa shape index (κ3) is 5.20. The summed E-state index contributed by atoms with van der Waals surface area (Å²) < 4.78 is 12.1. The number of hydrogen-bond donors (Lipinski definition) is 2. The molecule has 1 fully saturated rings. The smallest absolute Gasteiger partial charge is 0.279 e. The van der Waals surface area contributed by atoms with Crippen molar-refractivity contribution in [2.24, 2.45) is 5.92 Å². The molecule has 7 heteroatoms. The number of fused-ring (bicyclic) bond motifs is 1. The van der Waals surface area contributed by atoms with Crippen molar-refractivity contribution in [2.45, 2.75) is 50.7 Å². The molecule has 172 valence electrons. The van der Waals surface area contributed by atoms with E-state index < -0.39 is 0 Å². The number of carbonyl (C=O) groups excluding carboxylic acids is 1. The van der Waals surface area contributed by atoms with Crippen molar-refractivity contribution in [3.63, 3.8) is 0 Å². The van der Waals surface area contributed by atoms with E-state index in [0.717, 1.165) is 49.8 Å². The minimum atomic E-state index is -0.324. The third-order valence-electron chi connectivity index (χ3n) is 6.46. The highest BCUT2D eigenvalue weighted by molar-refractivity contribution is 7.15. The highest BCUT2D eigenvalue weighted by Gasteiger charge is 2.24. The van der Waals surface area contributed by atoms with E-state index >= 15 is 0 Å². The zero-order valence-corrected chi connectivity index (χ0v) is 19.2. The topological polar surface area (TPSA) is 80.7 Å². The summed E-state index contributed by atoms with van der Waals surface area (Å²) in [6.07, 6.45) is 7.04. The molecular formula is C26H28N2O4S. The number of aryl methyl sites for hydroxylation is 1. The molecule has 1 saturated carbocycles. The van der Waals surface area contributed by atoms with Crippen LogP contribution in [0.15, 0.2) is 54.7 Å². The van der Waals surface area contributed by atoms with Crippen molar-refractivity contribution < 1.29 is 19.4 Å². The van der Waals surface area contributed by atoms with Gasteiger partial charge in [0.1, 0.15) is 22.5 Å². The monoisotopic (exact) mass is 464 g/mol. The molecular weight excluding hydrogens is 436 g/mol. The van der Waals surface area contributed by atoms with E-state index in [0.29, 0.717) is 22.4 Å². The van der Waals surface area contributed by atoms with Gasteiger partial charge in [0.2, 0.25) is 0 Å². The summed E-state index contributed by atoms with van der Waals surface area (Å²) in [6.45, 7) is 0.489. The molecule has 3 atom stereocenters. The maximum atomic E-state index is 12.5. The molecule has 0 saturated heterocycles. The van der Waals surface area contributed by atoms with Gasteiger partial charge in [-0.25, -0.2) is 4.98 Å². The van der Waals surface area contributed by atoms with Crippen molar-refractivity contribution in [2.75, 3.05) is 6.54 Å². The van der Waals surface area contributed by atoms with Gasteiger partial charge in [-0.05, 0) is 55.0 Å². The van der Waals surface area contributed by atoms with Crippen molar-refractivity contribution >= 4 is 17.2 Å². The first kappa shape index (κ1) is 21.9. The number of rotatable bonds is 6. The third-order valence-corrected chi connectivity index (χ3v) is 7.33. The molecule has 1 amide bonds. The van der Waals surface area contributed by atoms with E-state index in [1.54, 1.807) is 6.20 Å². The number of ether oxygens (including phenoxy) is 2. The number of benzene rings is 2. The average Bonchev–Trinajstić information content (AvgIpc) is 3.32. The number of nitrogens with zero attached hydrogens (tertiary/aromatic N) is 1. The lowest BCUT2D eigenvalue weighted by Gasteiger charge is -2.27. The molecule has 0 spiro atoms. The van der Waals surface area contributed by atoms with Crippen LogP contribution in [0.3, 0.4) is 0 Å². The molecule has 2 aromatic carbocycles. The Kier molecular flexibility index (Phi) is 6.60. The number of hydrogen-bond acceptors (Lipinski definition) is 6. The van der Waals surface area contributed by atoms with Gasteiger partial charge in [0, 0.05) is 12.5 Å². The van der Waals surface area contributed by atoms with Crippen LogP contribution < -0.4 is 14.8 Å². The number of nitrogens with one attached hydrogen (secondary N) is 1. The van der Waals surface area contributed by atoms with Gasteiger partial charge in [0.15, 0.2) is 0 Å². The predicted molar refractivity (Wildman–Crippen MR) is 127 cm³/mol. The fourth-order valence-electron chi connectivity index (χ4n) is 4.58. The van der Waals surface area contributed by atoms with Crippen molar-refractivity contribution in [1.29, 1.82) is 0 Å². The lowest BCUT2D eigenvalue weighted by molar-refractivity contribution is 0.0664. The van der Waals surface area contributed by atoms with E-state index in [4.69, 9.17) is 9.47 Å². The average molecular weight is 465 g/mol. The maximum Gasteiger partial charge on any atom is 0.279 e. The van der Waals surface area contributed by atoms with Gasteiger partial charge in [0.05, 0.1) is 12.3 Å². The molecule has 0 radical (unpaired) electrons. The van der Waals surface area contributed by atoms with Crippen LogP contribution in [-0.2, 0) is 6.42 Å². The fourth-order valence-corrected chi connectivity index (χ4v) is 5.28. The first-order valence-electron chi connectivity index (χ1n) is 11.6. The van der Waals surface area contributed by atoms with Crippen molar-refractivity contribution in [1.82, 2.24) is 10.3 Å². The number of aromatic nitrogens is 1. The zero-order chi connectivity index (χ0) is 22.6. The molecule has 1 aromatic heterocycles. The maximum absolute atomic E-state index is 12.5. The number of aliphatic hydroxyl groups excluding tert-OH is 1. The molecule has 0 bridgehead atoms. The Morgan fingerprint density at radius 1 is 1.15 bits per heavy atom. The molecule has 2 heterocycles. The van der Waals surface area contributed by atoms with E-state index in [-0.39, 0.29) is 24.0 Å². The van der Waals surface area contributed by atoms with E-state index in [2.05, 4.69) is 22.4 Å². The van der Waals surface area contributed by atoms with Crippen LogP contribution in [0.25, 0.3) is 0 Å². The molecule has 33 heavy (non-hydrogen) atoms. The van der Waals surface area contributed by atoms with Gasteiger partial charge < -0.3 is 19.9 Å². The van der Waals surface area contributed by atoms with Crippen molar-refractivity contribution in [3.05, 3.63) is 70.7 Å². The van der Waals surface area contributed by atoms with E-state index in [1.807, 2.05) is 36.4 Å². The van der Waals surface area contributed by atoms with Gasteiger partial charge in [-0.1, -0.05) is 54.5 Å². The number of carbonyl (C=O) groups is 1. The Labute approximate surface area is 197 Å². The molecule has 1 aliphatic carbocycles. The second-order valence-electron chi connectivity index (χ2n) is 8.74. The number of amides is 1. The summed E-state index contributed by atoms with van der Waals surface area (Å²) in [5, 5.41) is 13.4. The Morgan fingerprint density at radius 2 is 2.00 bits per heavy atom. The molecule has 6 nitrogen and oxygen atoms in total. The normalized spacial score (nSPS) is 22.2. The Bertz CT molecular complexity index is 1100. The molecule has 2 N–H and O–H groups in total. The van der Waals surface area contributed by atoms with Gasteiger partial charge >= 0.3 is 0 Å². The second kappa shape index (κ2) is 9.93. The first-order chi connectivity index (χ1) is 16.2. The predicted octanol–water partition coefficient (Wildman–Crippen LogP) is 5.28. The molecule has 3 aromatic rings. The van der Waals surface area contributed by atoms with Crippen molar-refractivity contribution in [3.8, 4) is 16.7 Å². The van der Waals surface area contributed by atoms with Crippen LogP contribution in [0, 0.1) is 5.92 Å². The largest absolute Gasteiger partial charge is 0.485 e. The second-order valence-corrected chi connectivity index (χ2v) is 9.73. The fraction of sp³-hybridized carbons (Fsp3) is 0.385. The summed E-state index contributed by atoms with van der Waals surface area (Å²) in [4.78, 5) is 17.3. The Morgan fingerprint density at radius 3 is 2.85 bits per heavy atom. The zero-order valence-electron chi connectivity index (χ0n) is 18.4. The Balaban J connectivity index is 1.18. The minimum Gasteiger partial charge on any atom is -0.485 e. The quantitative estimate of drug-likeness (QED) is 0.519. The summed E-state index contributed by atoms with van der Waals surface area (Å²) in [5.41, 5.74) is 2.30. The van der Waals surface area contributed by atoms with Crippen LogP contribution in [0.5, 0.6) is 16.7 Å². The van der Waals surface area contributed by atoms with E-state index in [1.165, 1.54) is 16.9 Å². The SMILES string of the molecule is O=C(NC[C@H]1CCCC[C@H]1O)c1cnc(Oc2ccc3c(c2)CC[C@@H](c2ccccc2)O3)s1. The summed E-state index contributed by atoms with van der Waals surface area (Å²) in [6, 6.07) is 16.1. The molecule has 0 unspecified atom stereocenters. The summed E-state index contributed by atoms with van der Waals surface area (Å²) >= 11 is 1.22. The van der Waals surface area contributed by atoms with Gasteiger partial charge in [-0.3, -0.25) is 4.79 Å². The van der Waals surface area contributed by atoms with Gasteiger partial charge in [-0.15, -0.1) is 0 Å². The molecule has 2 aliphatic rings. The van der Waals surface area contributed by atoms with Crippen LogP contribution in [0.1, 0.15) is 59.0 Å².